The van der Waals surface area contributed by atoms with Crippen LogP contribution in [0.1, 0.15) is 132 Å². The SMILES string of the molecule is CC(C)(C)c1cc(-c2nn(-c3cccc(Oc4ccc5c6ccccc6n(-c6cc(C(C)(C)C)ccn6)c5c4)c3)[c-][n+]2-c2cc(C(C)(C)C)cc(C(C)(C)C)c2)cc(C(C)(C)C)c1. The Hall–Kier alpha value is -6.01. The van der Waals surface area contributed by atoms with E-state index in [2.05, 4.69) is 216 Å². The van der Waals surface area contributed by atoms with E-state index in [1.54, 1.807) is 0 Å². The molecule has 0 aliphatic heterocycles. The molecule has 0 atom stereocenters. The molecule has 63 heavy (non-hydrogen) atoms. The van der Waals surface area contributed by atoms with Crippen LogP contribution in [-0.4, -0.2) is 19.3 Å². The van der Waals surface area contributed by atoms with Gasteiger partial charge < -0.3 is 9.30 Å². The van der Waals surface area contributed by atoms with Crippen molar-refractivity contribution in [3.05, 3.63) is 156 Å². The van der Waals surface area contributed by atoms with Crippen LogP contribution in [0.4, 0.5) is 0 Å². The van der Waals surface area contributed by atoms with Crippen LogP contribution in [0.5, 0.6) is 11.5 Å². The Balaban J connectivity index is 1.27. The van der Waals surface area contributed by atoms with Crippen LogP contribution < -0.4 is 9.30 Å². The fourth-order valence-electron chi connectivity index (χ4n) is 8.10. The van der Waals surface area contributed by atoms with E-state index in [9.17, 15) is 0 Å². The predicted molar refractivity (Wildman–Crippen MR) is 262 cm³/mol. The summed E-state index contributed by atoms with van der Waals surface area (Å²) in [6.45, 7) is 34.1. The van der Waals surface area contributed by atoms with Crippen molar-refractivity contribution in [3.63, 3.8) is 0 Å². The van der Waals surface area contributed by atoms with Crippen LogP contribution in [0, 0.1) is 6.33 Å². The average Bonchev–Trinajstić information content (AvgIpc) is 3.79. The molecular weight excluding hydrogens is 771 g/mol. The fraction of sp³-hybridized carbons (Fsp3) is 0.351. The molecule has 0 unspecified atom stereocenters. The van der Waals surface area contributed by atoms with Gasteiger partial charge in [0.2, 0.25) is 12.2 Å². The second-order valence-electron chi connectivity index (χ2n) is 22.5. The first kappa shape index (κ1) is 43.6. The van der Waals surface area contributed by atoms with Gasteiger partial charge in [0.1, 0.15) is 17.3 Å². The lowest BCUT2D eigenvalue weighted by Crippen LogP contribution is -2.33. The lowest BCUT2D eigenvalue weighted by Gasteiger charge is -2.27. The third kappa shape index (κ3) is 8.83. The van der Waals surface area contributed by atoms with Gasteiger partial charge in [0.25, 0.3) is 0 Å². The van der Waals surface area contributed by atoms with E-state index < -0.39 is 0 Å². The second-order valence-corrected chi connectivity index (χ2v) is 22.5. The van der Waals surface area contributed by atoms with E-state index in [-0.39, 0.29) is 27.1 Å². The van der Waals surface area contributed by atoms with Crippen molar-refractivity contribution >= 4 is 21.8 Å². The van der Waals surface area contributed by atoms with Crippen molar-refractivity contribution in [2.24, 2.45) is 0 Å². The normalized spacial score (nSPS) is 13.0. The lowest BCUT2D eigenvalue weighted by atomic mass is 9.79. The molecule has 6 nitrogen and oxygen atoms in total. The van der Waals surface area contributed by atoms with Crippen molar-refractivity contribution in [3.8, 4) is 40.1 Å². The molecule has 8 rings (SSSR count). The molecule has 8 aromatic rings. The quantitative estimate of drug-likeness (QED) is 0.124. The minimum Gasteiger partial charge on any atom is -0.458 e. The molecule has 0 bridgehead atoms. The second kappa shape index (κ2) is 15.4. The minimum atomic E-state index is -0.0612. The Morgan fingerprint density at radius 2 is 1.05 bits per heavy atom. The molecule has 0 aliphatic carbocycles. The Labute approximate surface area is 375 Å². The van der Waals surface area contributed by atoms with Crippen molar-refractivity contribution < 1.29 is 9.30 Å². The number of fused-ring (bicyclic) bond motifs is 3. The Morgan fingerprint density at radius 3 is 1.65 bits per heavy atom. The van der Waals surface area contributed by atoms with E-state index in [1.807, 2.05) is 29.1 Å². The van der Waals surface area contributed by atoms with Gasteiger partial charge in [-0.05, 0) is 102 Å². The van der Waals surface area contributed by atoms with E-state index in [4.69, 9.17) is 14.8 Å². The van der Waals surface area contributed by atoms with Crippen molar-refractivity contribution in [1.82, 2.24) is 19.3 Å². The highest BCUT2D eigenvalue weighted by molar-refractivity contribution is 6.09. The minimum absolute atomic E-state index is 0.0144. The monoisotopic (exact) mass is 836 g/mol. The van der Waals surface area contributed by atoms with E-state index in [0.29, 0.717) is 5.75 Å². The molecule has 0 aliphatic rings. The molecule has 0 N–H and O–H groups in total. The molecule has 324 valence electrons. The summed E-state index contributed by atoms with van der Waals surface area (Å²) in [5.74, 6) is 3.15. The van der Waals surface area contributed by atoms with Crippen LogP contribution >= 0.6 is 0 Å². The van der Waals surface area contributed by atoms with Gasteiger partial charge in [-0.15, -0.1) is 0 Å². The predicted octanol–water partition coefficient (Wildman–Crippen LogP) is 14.4. The molecule has 0 saturated heterocycles. The molecule has 3 heterocycles. The van der Waals surface area contributed by atoms with Gasteiger partial charge in [-0.3, -0.25) is 4.57 Å². The zero-order valence-electron chi connectivity index (χ0n) is 40.2. The van der Waals surface area contributed by atoms with Crippen LogP contribution in [0.3, 0.4) is 0 Å². The number of ether oxygens (including phenoxy) is 1. The molecule has 6 heteroatoms. The third-order valence-electron chi connectivity index (χ3n) is 12.2. The summed E-state index contributed by atoms with van der Waals surface area (Å²) in [4.78, 5) is 4.88. The average molecular weight is 836 g/mol. The van der Waals surface area contributed by atoms with Gasteiger partial charge in [0, 0.05) is 34.3 Å². The fourth-order valence-corrected chi connectivity index (χ4v) is 8.10. The van der Waals surface area contributed by atoms with Gasteiger partial charge in [-0.25, -0.2) is 4.98 Å². The Bertz CT molecular complexity index is 2840. The van der Waals surface area contributed by atoms with Crippen molar-refractivity contribution in [1.29, 1.82) is 0 Å². The van der Waals surface area contributed by atoms with E-state index in [0.717, 1.165) is 50.7 Å². The van der Waals surface area contributed by atoms with E-state index in [1.165, 1.54) is 33.2 Å². The number of para-hydroxylation sites is 1. The Morgan fingerprint density at radius 1 is 0.492 bits per heavy atom. The highest BCUT2D eigenvalue weighted by Crippen LogP contribution is 2.38. The van der Waals surface area contributed by atoms with Crippen molar-refractivity contribution in [2.75, 3.05) is 0 Å². The first-order chi connectivity index (χ1) is 29.3. The molecule has 5 aromatic carbocycles. The summed E-state index contributed by atoms with van der Waals surface area (Å²) in [7, 11) is 0. The number of hydrogen-bond donors (Lipinski definition) is 0. The van der Waals surface area contributed by atoms with Gasteiger partial charge in [0.05, 0.1) is 16.7 Å². The number of hydrogen-bond acceptors (Lipinski definition) is 3. The van der Waals surface area contributed by atoms with Crippen molar-refractivity contribution in [2.45, 2.75) is 131 Å². The van der Waals surface area contributed by atoms with Crippen LogP contribution in [0.25, 0.3) is 50.4 Å². The zero-order valence-corrected chi connectivity index (χ0v) is 40.2. The summed E-state index contributed by atoms with van der Waals surface area (Å²) in [5, 5.41) is 7.72. The summed E-state index contributed by atoms with van der Waals surface area (Å²) < 4.78 is 13.0. The maximum Gasteiger partial charge on any atom is 0.231 e. The largest absolute Gasteiger partial charge is 0.458 e. The number of pyridine rings is 1. The maximum absolute atomic E-state index is 6.74. The Kier molecular flexibility index (Phi) is 10.6. The first-order valence-electron chi connectivity index (χ1n) is 22.4. The molecule has 0 amide bonds. The molecule has 0 saturated carbocycles. The standard InChI is InChI=1S/C57H65N5O/c1-53(2,3)38-25-26-58-51(33-38)62-49-22-17-16-21-47(49)48-24-23-46(35-50(48)62)63-45-20-18-19-43(34-45)61-36-60(44-31-41(56(10,11)12)30-42(32-44)57(13,14)15)52(59-61)37-27-39(54(4,5)6)29-40(28-37)55(7,8)9/h16-35H,1-15H3. The van der Waals surface area contributed by atoms with Crippen LogP contribution in [-0.2, 0) is 27.1 Å². The first-order valence-corrected chi connectivity index (χ1v) is 22.4. The molecule has 0 spiro atoms. The van der Waals surface area contributed by atoms with Crippen LogP contribution in [0.2, 0.25) is 0 Å². The number of rotatable bonds is 6. The van der Waals surface area contributed by atoms with Gasteiger partial charge >= 0.3 is 0 Å². The number of aromatic nitrogens is 5. The molecular formula is C57H65N5O. The number of benzene rings is 5. The summed E-state index contributed by atoms with van der Waals surface area (Å²) >= 11 is 0. The molecule has 3 aromatic heterocycles. The summed E-state index contributed by atoms with van der Waals surface area (Å²) in [5.41, 5.74) is 11.1. The van der Waals surface area contributed by atoms with Crippen LogP contribution in [0.15, 0.2) is 121 Å². The summed E-state index contributed by atoms with van der Waals surface area (Å²) in [6.07, 6.45) is 5.63. The number of nitrogens with zero attached hydrogens (tertiary/aromatic N) is 5. The molecule has 0 radical (unpaired) electrons. The summed E-state index contributed by atoms with van der Waals surface area (Å²) in [6, 6.07) is 41.3. The highest BCUT2D eigenvalue weighted by atomic mass is 16.5. The zero-order chi connectivity index (χ0) is 45.4. The molecule has 0 fully saturated rings. The van der Waals surface area contributed by atoms with Gasteiger partial charge in [-0.1, -0.05) is 171 Å². The lowest BCUT2D eigenvalue weighted by molar-refractivity contribution is -0.589. The topological polar surface area (TPSA) is 48.8 Å². The van der Waals surface area contributed by atoms with Gasteiger partial charge in [-0.2, -0.15) is 4.68 Å². The highest BCUT2D eigenvalue weighted by Gasteiger charge is 2.27. The third-order valence-corrected chi connectivity index (χ3v) is 12.2. The van der Waals surface area contributed by atoms with Gasteiger partial charge in [0.15, 0.2) is 0 Å². The van der Waals surface area contributed by atoms with E-state index >= 15 is 0 Å². The smallest absolute Gasteiger partial charge is 0.231 e. The maximum atomic E-state index is 6.74.